The average molecular weight is 392 g/mol. The van der Waals surface area contributed by atoms with Crippen molar-refractivity contribution in [2.75, 3.05) is 20.3 Å². The monoisotopic (exact) mass is 390 g/mol. The van der Waals surface area contributed by atoms with Gasteiger partial charge in [0.05, 0.1) is 17.7 Å². The van der Waals surface area contributed by atoms with Crippen LogP contribution in [-0.2, 0) is 4.74 Å². The molecule has 2 N–H and O–H groups in total. The van der Waals surface area contributed by atoms with Gasteiger partial charge in [-0.3, -0.25) is 5.84 Å². The molecule has 1 atom stereocenters. The van der Waals surface area contributed by atoms with Gasteiger partial charge >= 0.3 is 0 Å². The molecule has 1 heterocycles. The van der Waals surface area contributed by atoms with Gasteiger partial charge in [0.1, 0.15) is 5.75 Å². The summed E-state index contributed by atoms with van der Waals surface area (Å²) < 4.78 is 11.8. The molecule has 1 saturated heterocycles. The minimum Gasteiger partial charge on any atom is -0.492 e. The summed E-state index contributed by atoms with van der Waals surface area (Å²) in [6.45, 7) is 5.59. The molecule has 0 bridgehead atoms. The molecule has 1 fully saturated rings. The average Bonchev–Trinajstić information content (AvgIpc) is 2.72. The number of hydrazine groups is 1. The van der Waals surface area contributed by atoms with Crippen molar-refractivity contribution < 1.29 is 9.47 Å². The maximum Gasteiger partial charge on any atom is 0.138 e. The second-order valence-corrected chi connectivity index (χ2v) is 7.53. The summed E-state index contributed by atoms with van der Waals surface area (Å²) in [7, 11) is 1.68. The lowest BCUT2D eigenvalue weighted by Gasteiger charge is -2.32. The van der Waals surface area contributed by atoms with E-state index in [1.54, 1.807) is 7.11 Å². The van der Waals surface area contributed by atoms with Crippen LogP contribution in [0.4, 0.5) is 0 Å². The molecule has 1 aliphatic rings. The molecular formula is C16H24BrClN2O2. The van der Waals surface area contributed by atoms with Gasteiger partial charge in [0.2, 0.25) is 0 Å². The number of hydrogen-bond donors (Lipinski definition) is 1. The van der Waals surface area contributed by atoms with Crippen molar-refractivity contribution in [2.24, 2.45) is 5.84 Å². The van der Waals surface area contributed by atoms with Crippen molar-refractivity contribution >= 4 is 27.5 Å². The van der Waals surface area contributed by atoms with E-state index < -0.39 is 0 Å². The first-order chi connectivity index (χ1) is 10.4. The van der Waals surface area contributed by atoms with E-state index in [1.807, 2.05) is 17.1 Å². The first-order valence-electron chi connectivity index (χ1n) is 7.51. The number of ether oxygens (including phenoxy) is 2. The molecule has 6 heteroatoms. The smallest absolute Gasteiger partial charge is 0.138 e. The van der Waals surface area contributed by atoms with Crippen LogP contribution in [0.15, 0.2) is 16.6 Å². The number of methoxy groups -OCH3 is 1. The van der Waals surface area contributed by atoms with Crippen LogP contribution < -0.4 is 10.6 Å². The highest BCUT2D eigenvalue weighted by molar-refractivity contribution is 9.10. The molecule has 1 aromatic rings. The van der Waals surface area contributed by atoms with Crippen LogP contribution in [-0.4, -0.2) is 30.9 Å². The van der Waals surface area contributed by atoms with E-state index in [0.29, 0.717) is 24.0 Å². The Morgan fingerprint density at radius 2 is 2.14 bits per heavy atom. The van der Waals surface area contributed by atoms with E-state index in [2.05, 4.69) is 29.8 Å². The summed E-state index contributed by atoms with van der Waals surface area (Å²) in [4.78, 5) is 0. The largest absolute Gasteiger partial charge is 0.492 e. The third-order valence-corrected chi connectivity index (χ3v) is 5.21. The molecule has 0 amide bonds. The van der Waals surface area contributed by atoms with Gasteiger partial charge in [-0.1, -0.05) is 27.5 Å². The van der Waals surface area contributed by atoms with Crippen LogP contribution in [0, 0.1) is 0 Å². The normalized spacial score (nSPS) is 21.3. The third-order valence-electron chi connectivity index (χ3n) is 4.22. The molecular weight excluding hydrogens is 368 g/mol. The van der Waals surface area contributed by atoms with Crippen molar-refractivity contribution in [1.82, 2.24) is 5.01 Å². The van der Waals surface area contributed by atoms with E-state index in [9.17, 15) is 0 Å². The minimum atomic E-state index is 0.00320. The van der Waals surface area contributed by atoms with Crippen LogP contribution in [0.1, 0.15) is 44.7 Å². The lowest BCUT2D eigenvalue weighted by atomic mass is 10.0. The minimum absolute atomic E-state index is 0.00320. The maximum atomic E-state index is 6.31. The third kappa shape index (κ3) is 3.95. The van der Waals surface area contributed by atoms with E-state index in [-0.39, 0.29) is 11.6 Å². The number of hydrogen-bond acceptors (Lipinski definition) is 4. The van der Waals surface area contributed by atoms with Gasteiger partial charge in [0.25, 0.3) is 0 Å². The zero-order valence-corrected chi connectivity index (χ0v) is 15.7. The maximum absolute atomic E-state index is 6.31. The molecule has 0 saturated carbocycles. The van der Waals surface area contributed by atoms with Gasteiger partial charge in [-0.25, -0.2) is 5.01 Å². The second kappa shape index (κ2) is 7.49. The van der Waals surface area contributed by atoms with Crippen molar-refractivity contribution in [2.45, 2.75) is 44.7 Å². The molecule has 2 rings (SSSR count). The van der Waals surface area contributed by atoms with Crippen molar-refractivity contribution in [3.05, 3.63) is 27.2 Å². The van der Waals surface area contributed by atoms with E-state index in [0.717, 1.165) is 29.3 Å². The Kier molecular flexibility index (Phi) is 6.14. The predicted octanol–water partition coefficient (Wildman–Crippen LogP) is 4.31. The summed E-state index contributed by atoms with van der Waals surface area (Å²) in [6, 6.07) is 4.07. The standard InChI is InChI=1S/C16H24BrClN2O2/c1-16(2)6-5-14(20(16)19)11-9-15(13(18)10-12(11)17)22-8-4-7-21-3/h9-10,14H,4-8,19H2,1-3H3. The second-order valence-electron chi connectivity index (χ2n) is 6.27. The topological polar surface area (TPSA) is 47.7 Å². The molecule has 124 valence electrons. The van der Waals surface area contributed by atoms with Crippen LogP contribution in [0.2, 0.25) is 5.02 Å². The molecule has 22 heavy (non-hydrogen) atoms. The Morgan fingerprint density at radius 3 is 2.73 bits per heavy atom. The van der Waals surface area contributed by atoms with Gasteiger partial charge in [-0.2, -0.15) is 0 Å². The fourth-order valence-corrected chi connectivity index (χ4v) is 3.74. The van der Waals surface area contributed by atoms with Gasteiger partial charge in [0, 0.05) is 30.1 Å². The van der Waals surface area contributed by atoms with Crippen LogP contribution in [0.5, 0.6) is 5.75 Å². The fourth-order valence-electron chi connectivity index (χ4n) is 2.78. The Hall–Kier alpha value is -0.330. The summed E-state index contributed by atoms with van der Waals surface area (Å²) in [5.74, 6) is 7.01. The van der Waals surface area contributed by atoms with Gasteiger partial charge in [0.15, 0.2) is 0 Å². The lowest BCUT2D eigenvalue weighted by molar-refractivity contribution is 0.130. The van der Waals surface area contributed by atoms with Crippen molar-refractivity contribution in [3.8, 4) is 5.75 Å². The molecule has 0 radical (unpaired) electrons. The zero-order chi connectivity index (χ0) is 16.3. The first-order valence-corrected chi connectivity index (χ1v) is 8.68. The van der Waals surface area contributed by atoms with Crippen LogP contribution >= 0.6 is 27.5 Å². The summed E-state index contributed by atoms with van der Waals surface area (Å²) in [5, 5.41) is 2.55. The quantitative estimate of drug-likeness (QED) is 0.580. The van der Waals surface area contributed by atoms with Crippen LogP contribution in [0.3, 0.4) is 0 Å². The number of benzene rings is 1. The fraction of sp³-hybridized carbons (Fsp3) is 0.625. The van der Waals surface area contributed by atoms with Gasteiger partial charge in [-0.05, 0) is 44.4 Å². The highest BCUT2D eigenvalue weighted by atomic mass is 79.9. The molecule has 1 aliphatic heterocycles. The Bertz CT molecular complexity index is 525. The van der Waals surface area contributed by atoms with E-state index in [4.69, 9.17) is 26.9 Å². The first kappa shape index (κ1) is 18.0. The Balaban J connectivity index is 2.18. The number of nitrogens with two attached hydrogens (primary N) is 1. The van der Waals surface area contributed by atoms with Crippen molar-refractivity contribution in [1.29, 1.82) is 0 Å². The Labute approximate surface area is 146 Å². The van der Waals surface area contributed by atoms with Crippen LogP contribution in [0.25, 0.3) is 0 Å². The van der Waals surface area contributed by atoms with E-state index >= 15 is 0 Å². The molecule has 0 aromatic heterocycles. The number of rotatable bonds is 6. The predicted molar refractivity (Wildman–Crippen MR) is 93.2 cm³/mol. The highest BCUT2D eigenvalue weighted by Crippen LogP contribution is 2.44. The molecule has 1 aromatic carbocycles. The van der Waals surface area contributed by atoms with Gasteiger partial charge in [-0.15, -0.1) is 0 Å². The molecule has 1 unspecified atom stereocenters. The number of nitrogens with zero attached hydrogens (tertiary/aromatic N) is 1. The number of halogens is 2. The summed E-state index contributed by atoms with van der Waals surface area (Å²) in [5.41, 5.74) is 1.13. The highest BCUT2D eigenvalue weighted by Gasteiger charge is 2.39. The zero-order valence-electron chi connectivity index (χ0n) is 13.4. The Morgan fingerprint density at radius 1 is 1.41 bits per heavy atom. The summed E-state index contributed by atoms with van der Waals surface area (Å²) in [6.07, 6.45) is 2.91. The SMILES string of the molecule is COCCCOc1cc(C2CCC(C)(C)N2N)c(Br)cc1Cl. The lowest BCUT2D eigenvalue weighted by Crippen LogP contribution is -2.44. The summed E-state index contributed by atoms with van der Waals surface area (Å²) >= 11 is 9.89. The molecule has 0 spiro atoms. The van der Waals surface area contributed by atoms with E-state index in [1.165, 1.54) is 0 Å². The molecule has 0 aliphatic carbocycles. The van der Waals surface area contributed by atoms with Crippen molar-refractivity contribution in [3.63, 3.8) is 0 Å². The molecule has 4 nitrogen and oxygen atoms in total. The van der Waals surface area contributed by atoms with Gasteiger partial charge < -0.3 is 9.47 Å².